The summed E-state index contributed by atoms with van der Waals surface area (Å²) in [4.78, 5) is 0. The summed E-state index contributed by atoms with van der Waals surface area (Å²) >= 11 is 0. The molecule has 0 atom stereocenters. The third kappa shape index (κ3) is 5.03. The Labute approximate surface area is 105 Å². The fourth-order valence-electron chi connectivity index (χ4n) is 1.36. The zero-order chi connectivity index (χ0) is 13.8. The second-order valence-corrected chi connectivity index (χ2v) is 6.15. The highest BCUT2D eigenvalue weighted by Crippen LogP contribution is 2.10. The van der Waals surface area contributed by atoms with Crippen LogP contribution in [0.1, 0.15) is 6.42 Å². The van der Waals surface area contributed by atoms with Crippen molar-refractivity contribution in [3.05, 3.63) is 24.0 Å². The molecule has 0 saturated carbocycles. The molecule has 0 fully saturated rings. The van der Waals surface area contributed by atoms with Gasteiger partial charge in [0.2, 0.25) is 0 Å². The molecule has 0 amide bonds. The Morgan fingerprint density at radius 1 is 1.39 bits per heavy atom. The van der Waals surface area contributed by atoms with Crippen molar-refractivity contribution < 1.29 is 27.6 Å². The first kappa shape index (κ1) is 14.9. The zero-order valence-electron chi connectivity index (χ0n) is 9.84. The SMILES string of the molecule is CS(=O)(=O)CCCOc1ccc(F)cc1B(O)O. The van der Waals surface area contributed by atoms with E-state index >= 15 is 0 Å². The van der Waals surface area contributed by atoms with E-state index in [1.807, 2.05) is 0 Å². The van der Waals surface area contributed by atoms with Crippen LogP contribution in [0.2, 0.25) is 0 Å². The van der Waals surface area contributed by atoms with Gasteiger partial charge in [0.25, 0.3) is 0 Å². The third-order valence-corrected chi connectivity index (χ3v) is 3.20. The topological polar surface area (TPSA) is 83.8 Å². The van der Waals surface area contributed by atoms with Crippen LogP contribution in [0.5, 0.6) is 5.75 Å². The summed E-state index contributed by atoms with van der Waals surface area (Å²) in [5.41, 5.74) is -0.0886. The standard InChI is InChI=1S/C10H14BFO5S/c1-18(15,16)6-2-5-17-10-4-3-8(12)7-9(10)11(13)14/h3-4,7,13-14H,2,5-6H2,1H3. The van der Waals surface area contributed by atoms with Crippen LogP contribution in [0.3, 0.4) is 0 Å². The highest BCUT2D eigenvalue weighted by Gasteiger charge is 2.18. The van der Waals surface area contributed by atoms with Gasteiger partial charge in [0, 0.05) is 11.7 Å². The van der Waals surface area contributed by atoms with Crippen LogP contribution >= 0.6 is 0 Å². The predicted octanol–water partition coefficient (Wildman–Crippen LogP) is -0.681. The van der Waals surface area contributed by atoms with Gasteiger partial charge in [0.15, 0.2) is 0 Å². The maximum Gasteiger partial charge on any atom is 0.492 e. The Morgan fingerprint density at radius 3 is 2.61 bits per heavy atom. The summed E-state index contributed by atoms with van der Waals surface area (Å²) in [6.07, 6.45) is 1.39. The number of ether oxygens (including phenoxy) is 1. The van der Waals surface area contributed by atoms with Crippen LogP contribution in [0.15, 0.2) is 18.2 Å². The van der Waals surface area contributed by atoms with Gasteiger partial charge in [-0.15, -0.1) is 0 Å². The summed E-state index contributed by atoms with van der Waals surface area (Å²) < 4.78 is 39.8. The first-order valence-corrected chi connectivity index (χ1v) is 7.32. The van der Waals surface area contributed by atoms with Gasteiger partial charge < -0.3 is 14.8 Å². The average molecular weight is 276 g/mol. The molecule has 0 aliphatic rings. The largest absolute Gasteiger partial charge is 0.494 e. The van der Waals surface area contributed by atoms with Gasteiger partial charge in [-0.2, -0.15) is 0 Å². The van der Waals surface area contributed by atoms with E-state index in [1.165, 1.54) is 6.07 Å². The molecule has 100 valence electrons. The molecule has 1 rings (SSSR count). The van der Waals surface area contributed by atoms with E-state index in [2.05, 4.69) is 0 Å². The molecule has 0 radical (unpaired) electrons. The lowest BCUT2D eigenvalue weighted by atomic mass is 9.79. The molecular weight excluding hydrogens is 262 g/mol. The van der Waals surface area contributed by atoms with Crippen LogP contribution in [0, 0.1) is 5.82 Å². The van der Waals surface area contributed by atoms with Crippen molar-refractivity contribution in [1.82, 2.24) is 0 Å². The van der Waals surface area contributed by atoms with Crippen LogP contribution in [0.4, 0.5) is 4.39 Å². The van der Waals surface area contributed by atoms with Crippen molar-refractivity contribution >= 4 is 22.4 Å². The number of benzene rings is 1. The molecule has 5 nitrogen and oxygen atoms in total. The lowest BCUT2D eigenvalue weighted by Gasteiger charge is -2.10. The van der Waals surface area contributed by atoms with E-state index in [9.17, 15) is 12.8 Å². The van der Waals surface area contributed by atoms with Gasteiger partial charge in [-0.3, -0.25) is 0 Å². The molecule has 1 aromatic rings. The van der Waals surface area contributed by atoms with Gasteiger partial charge >= 0.3 is 7.12 Å². The fourth-order valence-corrected chi connectivity index (χ4v) is 2.00. The second kappa shape index (κ2) is 6.17. The van der Waals surface area contributed by atoms with Crippen molar-refractivity contribution in [3.8, 4) is 5.75 Å². The first-order valence-electron chi connectivity index (χ1n) is 5.26. The van der Waals surface area contributed by atoms with Crippen LogP contribution < -0.4 is 10.2 Å². The fraction of sp³-hybridized carbons (Fsp3) is 0.400. The summed E-state index contributed by atoms with van der Waals surface area (Å²) in [7, 11) is -4.89. The smallest absolute Gasteiger partial charge is 0.492 e. The molecule has 0 spiro atoms. The molecule has 1 aromatic carbocycles. The number of hydrogen-bond acceptors (Lipinski definition) is 5. The lowest BCUT2D eigenvalue weighted by molar-refractivity contribution is 0.317. The van der Waals surface area contributed by atoms with E-state index in [0.29, 0.717) is 0 Å². The molecule has 0 aromatic heterocycles. The quantitative estimate of drug-likeness (QED) is 0.531. The molecule has 0 aliphatic carbocycles. The van der Waals surface area contributed by atoms with Gasteiger partial charge in [0.1, 0.15) is 21.4 Å². The maximum atomic E-state index is 12.9. The van der Waals surface area contributed by atoms with Gasteiger partial charge in [-0.05, 0) is 24.6 Å². The van der Waals surface area contributed by atoms with Crippen molar-refractivity contribution in [3.63, 3.8) is 0 Å². The molecule has 2 N–H and O–H groups in total. The van der Waals surface area contributed by atoms with Gasteiger partial charge in [-0.1, -0.05) is 0 Å². The molecular formula is C10H14BFO5S. The predicted molar refractivity (Wildman–Crippen MR) is 66.0 cm³/mol. The molecule has 0 bridgehead atoms. The van der Waals surface area contributed by atoms with E-state index in [1.54, 1.807) is 0 Å². The zero-order valence-corrected chi connectivity index (χ0v) is 10.7. The highest BCUT2D eigenvalue weighted by molar-refractivity contribution is 7.90. The van der Waals surface area contributed by atoms with E-state index in [0.717, 1.165) is 18.4 Å². The Morgan fingerprint density at radius 2 is 2.06 bits per heavy atom. The summed E-state index contributed by atoms with van der Waals surface area (Å²) in [5.74, 6) is -0.507. The molecule has 18 heavy (non-hydrogen) atoms. The lowest BCUT2D eigenvalue weighted by Crippen LogP contribution is -2.32. The Balaban J connectivity index is 2.62. The second-order valence-electron chi connectivity index (χ2n) is 3.89. The van der Waals surface area contributed by atoms with Gasteiger partial charge in [0.05, 0.1) is 12.4 Å². The minimum Gasteiger partial charge on any atom is -0.494 e. The van der Waals surface area contributed by atoms with Crippen LogP contribution in [-0.2, 0) is 9.84 Å². The molecule has 0 heterocycles. The van der Waals surface area contributed by atoms with E-state index < -0.39 is 22.8 Å². The molecule has 0 aliphatic heterocycles. The number of rotatable bonds is 6. The van der Waals surface area contributed by atoms with Crippen molar-refractivity contribution in [1.29, 1.82) is 0 Å². The van der Waals surface area contributed by atoms with Crippen molar-refractivity contribution in [2.24, 2.45) is 0 Å². The number of hydrogen-bond donors (Lipinski definition) is 2. The maximum absolute atomic E-state index is 12.9. The van der Waals surface area contributed by atoms with Crippen LogP contribution in [-0.4, -0.2) is 44.2 Å². The minimum atomic E-state index is -3.05. The third-order valence-electron chi connectivity index (χ3n) is 2.17. The van der Waals surface area contributed by atoms with Crippen molar-refractivity contribution in [2.75, 3.05) is 18.6 Å². The molecule has 0 saturated heterocycles. The van der Waals surface area contributed by atoms with E-state index in [-0.39, 0.29) is 30.0 Å². The first-order chi connectivity index (χ1) is 8.29. The monoisotopic (exact) mass is 276 g/mol. The Kier molecular flexibility index (Phi) is 5.12. The summed E-state index contributed by atoms with van der Waals surface area (Å²) in [5, 5.41) is 18.1. The minimum absolute atomic E-state index is 0.0226. The summed E-state index contributed by atoms with van der Waals surface area (Å²) in [6.45, 7) is 0.0957. The normalized spacial score (nSPS) is 11.3. The Hall–Kier alpha value is -1.12. The number of sulfone groups is 1. The van der Waals surface area contributed by atoms with Gasteiger partial charge in [-0.25, -0.2) is 12.8 Å². The van der Waals surface area contributed by atoms with E-state index in [4.69, 9.17) is 14.8 Å². The van der Waals surface area contributed by atoms with Crippen molar-refractivity contribution in [2.45, 2.75) is 6.42 Å². The Bertz CT molecular complexity index is 503. The number of halogens is 1. The summed E-state index contributed by atoms with van der Waals surface area (Å²) in [6, 6.07) is 3.35. The molecule has 8 heteroatoms. The molecule has 0 unspecified atom stereocenters. The highest BCUT2D eigenvalue weighted by atomic mass is 32.2. The van der Waals surface area contributed by atoms with Crippen LogP contribution in [0.25, 0.3) is 0 Å². The average Bonchev–Trinajstić information content (AvgIpc) is 2.24.